The molecule has 1 saturated carbocycles. The number of hydrogen-bond acceptors (Lipinski definition) is 4. The monoisotopic (exact) mass is 245 g/mol. The van der Waals surface area contributed by atoms with Crippen LogP contribution in [-0.4, -0.2) is 50.7 Å². The van der Waals surface area contributed by atoms with E-state index in [4.69, 9.17) is 10.9 Å². The standard InChI is InChI=1S/C9H15N3O3S/c10-7(11-14)9(1-2-9)8(13)12-3-5-16(15)6-4-12/h14H,1-6H2,(H2,10,11). The molecule has 90 valence electrons. The predicted octanol–water partition coefficient (Wildman–Crippen LogP) is -0.896. The van der Waals surface area contributed by atoms with Crippen LogP contribution in [0.25, 0.3) is 0 Å². The second-order valence-electron chi connectivity index (χ2n) is 4.21. The highest BCUT2D eigenvalue weighted by molar-refractivity contribution is 7.85. The molecule has 0 atom stereocenters. The van der Waals surface area contributed by atoms with Crippen LogP contribution in [0.5, 0.6) is 0 Å². The van der Waals surface area contributed by atoms with E-state index in [1.807, 2.05) is 0 Å². The van der Waals surface area contributed by atoms with Gasteiger partial charge in [0.15, 0.2) is 5.84 Å². The molecule has 0 bridgehead atoms. The molecule has 0 spiro atoms. The number of carbonyl (C=O) groups excluding carboxylic acids is 1. The molecule has 16 heavy (non-hydrogen) atoms. The van der Waals surface area contributed by atoms with Crippen molar-refractivity contribution in [2.45, 2.75) is 12.8 Å². The van der Waals surface area contributed by atoms with E-state index in [1.165, 1.54) is 0 Å². The van der Waals surface area contributed by atoms with Crippen LogP contribution in [-0.2, 0) is 15.6 Å². The van der Waals surface area contributed by atoms with Gasteiger partial charge in [0.05, 0.1) is 0 Å². The van der Waals surface area contributed by atoms with Crippen LogP contribution in [0.15, 0.2) is 5.16 Å². The van der Waals surface area contributed by atoms with E-state index in [-0.39, 0.29) is 11.7 Å². The summed E-state index contributed by atoms with van der Waals surface area (Å²) in [4.78, 5) is 13.8. The second-order valence-corrected chi connectivity index (χ2v) is 5.90. The average Bonchev–Trinajstić information content (AvgIpc) is 3.09. The van der Waals surface area contributed by atoms with E-state index in [2.05, 4.69) is 5.16 Å². The summed E-state index contributed by atoms with van der Waals surface area (Å²) in [5.74, 6) is 0.972. The second kappa shape index (κ2) is 4.04. The number of amidine groups is 1. The first kappa shape index (κ1) is 11.4. The fraction of sp³-hybridized carbons (Fsp3) is 0.778. The lowest BCUT2D eigenvalue weighted by Crippen LogP contribution is -2.48. The number of rotatable bonds is 2. The zero-order chi connectivity index (χ0) is 11.8. The van der Waals surface area contributed by atoms with E-state index < -0.39 is 16.2 Å². The summed E-state index contributed by atoms with van der Waals surface area (Å²) in [6, 6.07) is 0. The highest BCUT2D eigenvalue weighted by Crippen LogP contribution is 2.47. The van der Waals surface area contributed by atoms with Gasteiger partial charge in [-0.15, -0.1) is 0 Å². The summed E-state index contributed by atoms with van der Waals surface area (Å²) >= 11 is 0. The predicted molar refractivity (Wildman–Crippen MR) is 59.5 cm³/mol. The lowest BCUT2D eigenvalue weighted by atomic mass is 10.0. The van der Waals surface area contributed by atoms with Crippen LogP contribution in [0.2, 0.25) is 0 Å². The van der Waals surface area contributed by atoms with Gasteiger partial charge in [-0.25, -0.2) is 0 Å². The third-order valence-corrected chi connectivity index (χ3v) is 4.50. The van der Waals surface area contributed by atoms with Crippen LogP contribution in [0.1, 0.15) is 12.8 Å². The Bertz CT molecular complexity index is 355. The minimum absolute atomic E-state index is 0.00389. The van der Waals surface area contributed by atoms with Gasteiger partial charge < -0.3 is 15.8 Å². The van der Waals surface area contributed by atoms with Crippen molar-refractivity contribution in [3.63, 3.8) is 0 Å². The van der Waals surface area contributed by atoms with Crippen LogP contribution in [0.4, 0.5) is 0 Å². The molecule has 1 heterocycles. The number of hydrogen-bond donors (Lipinski definition) is 2. The van der Waals surface area contributed by atoms with Gasteiger partial charge in [0.25, 0.3) is 0 Å². The molecule has 6 nitrogen and oxygen atoms in total. The first-order valence-corrected chi connectivity index (χ1v) is 6.71. The third-order valence-electron chi connectivity index (χ3n) is 3.22. The molecule has 7 heteroatoms. The van der Waals surface area contributed by atoms with Gasteiger partial charge in [0, 0.05) is 35.4 Å². The summed E-state index contributed by atoms with van der Waals surface area (Å²) in [5, 5.41) is 11.6. The highest BCUT2D eigenvalue weighted by Gasteiger charge is 2.55. The summed E-state index contributed by atoms with van der Waals surface area (Å²) in [7, 11) is -0.801. The Morgan fingerprint density at radius 2 is 1.94 bits per heavy atom. The molecule has 2 rings (SSSR count). The van der Waals surface area contributed by atoms with Gasteiger partial charge in [-0.1, -0.05) is 5.16 Å². The number of nitrogens with zero attached hydrogens (tertiary/aromatic N) is 2. The first-order chi connectivity index (χ1) is 7.60. The van der Waals surface area contributed by atoms with Crippen molar-refractivity contribution in [1.29, 1.82) is 0 Å². The Morgan fingerprint density at radius 3 is 2.38 bits per heavy atom. The minimum Gasteiger partial charge on any atom is -0.409 e. The van der Waals surface area contributed by atoms with Crippen molar-refractivity contribution >= 4 is 22.5 Å². The fourth-order valence-corrected chi connectivity index (χ4v) is 3.00. The van der Waals surface area contributed by atoms with E-state index in [0.29, 0.717) is 37.4 Å². The topological polar surface area (TPSA) is 96.0 Å². The maximum atomic E-state index is 12.1. The van der Waals surface area contributed by atoms with E-state index in [1.54, 1.807) is 4.90 Å². The maximum Gasteiger partial charge on any atom is 0.236 e. The SMILES string of the molecule is NC(=NO)C1(C(=O)N2CCS(=O)CC2)CC1. The quantitative estimate of drug-likeness (QED) is 0.285. The van der Waals surface area contributed by atoms with Crippen molar-refractivity contribution in [3.8, 4) is 0 Å². The zero-order valence-corrected chi connectivity index (χ0v) is 9.70. The van der Waals surface area contributed by atoms with Gasteiger partial charge in [0.2, 0.25) is 5.91 Å². The van der Waals surface area contributed by atoms with Crippen LogP contribution in [0, 0.1) is 5.41 Å². The van der Waals surface area contributed by atoms with Crippen molar-refractivity contribution in [1.82, 2.24) is 4.90 Å². The van der Waals surface area contributed by atoms with E-state index in [9.17, 15) is 9.00 Å². The third kappa shape index (κ3) is 1.79. The summed E-state index contributed by atoms with van der Waals surface area (Å²) in [6.45, 7) is 1.01. The van der Waals surface area contributed by atoms with Crippen molar-refractivity contribution in [2.24, 2.45) is 16.3 Å². The molecule has 3 N–H and O–H groups in total. The minimum atomic E-state index is -0.801. The van der Waals surface area contributed by atoms with Crippen molar-refractivity contribution in [3.05, 3.63) is 0 Å². The normalized spacial score (nSPS) is 25.5. The van der Waals surface area contributed by atoms with E-state index in [0.717, 1.165) is 0 Å². The average molecular weight is 245 g/mol. The number of amides is 1. The molecule has 0 aromatic carbocycles. The summed E-state index contributed by atoms with van der Waals surface area (Å²) in [5.41, 5.74) is 4.77. The molecular formula is C9H15N3O3S. The smallest absolute Gasteiger partial charge is 0.236 e. The Hall–Kier alpha value is -1.11. The fourth-order valence-electron chi connectivity index (χ4n) is 1.94. The van der Waals surface area contributed by atoms with Gasteiger partial charge in [-0.05, 0) is 12.8 Å². The molecule has 0 radical (unpaired) electrons. The highest BCUT2D eigenvalue weighted by atomic mass is 32.2. The molecule has 1 amide bonds. The maximum absolute atomic E-state index is 12.1. The lowest BCUT2D eigenvalue weighted by molar-refractivity contribution is -0.134. The van der Waals surface area contributed by atoms with Crippen LogP contribution >= 0.6 is 0 Å². The molecule has 1 aliphatic carbocycles. The molecule has 1 saturated heterocycles. The number of carbonyl (C=O) groups is 1. The zero-order valence-electron chi connectivity index (χ0n) is 8.89. The molecule has 0 aromatic heterocycles. The Labute approximate surface area is 95.9 Å². The van der Waals surface area contributed by atoms with Crippen LogP contribution < -0.4 is 5.73 Å². The van der Waals surface area contributed by atoms with Crippen LogP contribution in [0.3, 0.4) is 0 Å². The molecule has 2 fully saturated rings. The first-order valence-electron chi connectivity index (χ1n) is 5.22. The summed E-state index contributed by atoms with van der Waals surface area (Å²) in [6.07, 6.45) is 1.28. The molecular weight excluding hydrogens is 230 g/mol. The Morgan fingerprint density at radius 1 is 1.38 bits per heavy atom. The van der Waals surface area contributed by atoms with Gasteiger partial charge in [0.1, 0.15) is 5.41 Å². The van der Waals surface area contributed by atoms with Gasteiger partial charge in [-0.2, -0.15) is 0 Å². The summed E-state index contributed by atoms with van der Waals surface area (Å²) < 4.78 is 11.2. The van der Waals surface area contributed by atoms with Gasteiger partial charge in [-0.3, -0.25) is 9.00 Å². The number of oxime groups is 1. The largest absolute Gasteiger partial charge is 0.409 e. The Balaban J connectivity index is 2.06. The lowest BCUT2D eigenvalue weighted by Gasteiger charge is -2.29. The van der Waals surface area contributed by atoms with E-state index >= 15 is 0 Å². The van der Waals surface area contributed by atoms with Crippen molar-refractivity contribution < 1.29 is 14.2 Å². The van der Waals surface area contributed by atoms with Gasteiger partial charge >= 0.3 is 0 Å². The van der Waals surface area contributed by atoms with Crippen molar-refractivity contribution in [2.75, 3.05) is 24.6 Å². The molecule has 2 aliphatic rings. The number of nitrogens with two attached hydrogens (primary N) is 1. The Kier molecular flexibility index (Phi) is 2.88. The molecule has 1 aliphatic heterocycles. The molecule has 0 aromatic rings. The molecule has 0 unspecified atom stereocenters.